The van der Waals surface area contributed by atoms with Crippen molar-refractivity contribution in [3.05, 3.63) is 70.8 Å². The number of benzene rings is 2. The van der Waals surface area contributed by atoms with Crippen molar-refractivity contribution in [2.24, 2.45) is 0 Å². The van der Waals surface area contributed by atoms with E-state index in [0.717, 1.165) is 27.8 Å². The van der Waals surface area contributed by atoms with Crippen LogP contribution >= 0.6 is 0 Å². The molecular formula is C22H18FN3O3. The van der Waals surface area contributed by atoms with Gasteiger partial charge in [0, 0.05) is 29.5 Å². The van der Waals surface area contributed by atoms with Gasteiger partial charge < -0.3 is 13.9 Å². The van der Waals surface area contributed by atoms with Crippen molar-refractivity contribution in [1.82, 2.24) is 15.2 Å². The van der Waals surface area contributed by atoms with E-state index < -0.39 is 0 Å². The fourth-order valence-electron chi connectivity index (χ4n) is 3.74. The molecule has 2 aromatic heterocycles. The van der Waals surface area contributed by atoms with Gasteiger partial charge in [-0.3, -0.25) is 4.79 Å². The van der Waals surface area contributed by atoms with E-state index in [-0.39, 0.29) is 18.1 Å². The van der Waals surface area contributed by atoms with Crippen LogP contribution in [0.4, 0.5) is 4.39 Å². The van der Waals surface area contributed by atoms with Crippen LogP contribution in [0.2, 0.25) is 0 Å². The van der Waals surface area contributed by atoms with Gasteiger partial charge >= 0.3 is 0 Å². The zero-order chi connectivity index (χ0) is 20.0. The Morgan fingerprint density at radius 2 is 1.97 bits per heavy atom. The van der Waals surface area contributed by atoms with Gasteiger partial charge in [0.25, 0.3) is 0 Å². The van der Waals surface area contributed by atoms with Crippen LogP contribution in [0.1, 0.15) is 22.5 Å². The first kappa shape index (κ1) is 17.6. The maximum Gasteiger partial charge on any atom is 0.229 e. The summed E-state index contributed by atoms with van der Waals surface area (Å²) in [5.74, 6) is 0.243. The lowest BCUT2D eigenvalue weighted by Crippen LogP contribution is -2.37. The Morgan fingerprint density at radius 1 is 1.14 bits per heavy atom. The lowest BCUT2D eigenvalue weighted by Gasteiger charge is -2.26. The minimum Gasteiger partial charge on any atom is -0.356 e. The molecule has 0 saturated heterocycles. The SMILES string of the molecule is Cc1ccc2onc(CC(=O)N3CCc4noc(-c5ccc(F)cc5)c4C3)c2c1. The van der Waals surface area contributed by atoms with Crippen LogP contribution in [0.3, 0.4) is 0 Å². The molecule has 0 saturated carbocycles. The van der Waals surface area contributed by atoms with E-state index in [9.17, 15) is 9.18 Å². The highest BCUT2D eigenvalue weighted by atomic mass is 19.1. The fourth-order valence-corrected chi connectivity index (χ4v) is 3.74. The maximum absolute atomic E-state index is 13.2. The normalized spacial score (nSPS) is 13.7. The Hall–Kier alpha value is -3.48. The first-order valence-electron chi connectivity index (χ1n) is 9.44. The van der Waals surface area contributed by atoms with Crippen molar-refractivity contribution >= 4 is 16.9 Å². The van der Waals surface area contributed by atoms with E-state index in [1.165, 1.54) is 12.1 Å². The van der Waals surface area contributed by atoms with Gasteiger partial charge in [0.1, 0.15) is 11.5 Å². The minimum atomic E-state index is -0.311. The molecule has 0 unspecified atom stereocenters. The van der Waals surface area contributed by atoms with Gasteiger partial charge in [-0.1, -0.05) is 21.9 Å². The smallest absolute Gasteiger partial charge is 0.229 e. The quantitative estimate of drug-likeness (QED) is 0.527. The number of rotatable bonds is 3. The highest BCUT2D eigenvalue weighted by molar-refractivity contribution is 5.87. The summed E-state index contributed by atoms with van der Waals surface area (Å²) in [5, 5.41) is 9.10. The number of aromatic nitrogens is 2. The molecule has 29 heavy (non-hydrogen) atoms. The number of amides is 1. The second kappa shape index (κ2) is 6.84. The highest BCUT2D eigenvalue weighted by Crippen LogP contribution is 2.31. The van der Waals surface area contributed by atoms with Crippen molar-refractivity contribution in [2.45, 2.75) is 26.3 Å². The molecule has 5 rings (SSSR count). The van der Waals surface area contributed by atoms with Crippen molar-refractivity contribution in [1.29, 1.82) is 0 Å². The van der Waals surface area contributed by atoms with E-state index in [4.69, 9.17) is 9.05 Å². The summed E-state index contributed by atoms with van der Waals surface area (Å²) in [5.41, 5.74) is 4.87. The third kappa shape index (κ3) is 3.18. The van der Waals surface area contributed by atoms with Gasteiger partial charge in [0.05, 0.1) is 18.7 Å². The Kier molecular flexibility index (Phi) is 4.16. The van der Waals surface area contributed by atoms with Crippen molar-refractivity contribution in [3.8, 4) is 11.3 Å². The van der Waals surface area contributed by atoms with Crippen LogP contribution < -0.4 is 0 Å². The first-order valence-corrected chi connectivity index (χ1v) is 9.44. The van der Waals surface area contributed by atoms with Crippen molar-refractivity contribution in [2.75, 3.05) is 6.54 Å². The van der Waals surface area contributed by atoms with Crippen LogP contribution in [-0.2, 0) is 24.2 Å². The molecule has 7 heteroatoms. The van der Waals surface area contributed by atoms with E-state index in [1.807, 2.05) is 25.1 Å². The highest BCUT2D eigenvalue weighted by Gasteiger charge is 2.28. The van der Waals surface area contributed by atoms with Gasteiger partial charge in [-0.25, -0.2) is 4.39 Å². The summed E-state index contributed by atoms with van der Waals surface area (Å²) in [4.78, 5) is 14.7. The summed E-state index contributed by atoms with van der Waals surface area (Å²) < 4.78 is 24.1. The zero-order valence-electron chi connectivity index (χ0n) is 15.8. The number of nitrogens with zero attached hydrogens (tertiary/aromatic N) is 3. The Bertz CT molecular complexity index is 1210. The number of aryl methyl sites for hydroxylation is 1. The molecule has 2 aromatic carbocycles. The first-order chi connectivity index (χ1) is 14.1. The van der Waals surface area contributed by atoms with E-state index in [2.05, 4.69) is 10.3 Å². The number of hydrogen-bond acceptors (Lipinski definition) is 5. The van der Waals surface area contributed by atoms with E-state index >= 15 is 0 Å². The lowest BCUT2D eigenvalue weighted by molar-refractivity contribution is -0.131. The van der Waals surface area contributed by atoms with Crippen molar-refractivity contribution in [3.63, 3.8) is 0 Å². The van der Waals surface area contributed by atoms with Crippen LogP contribution in [0.25, 0.3) is 22.3 Å². The average molecular weight is 391 g/mol. The summed E-state index contributed by atoms with van der Waals surface area (Å²) in [6, 6.07) is 11.9. The molecule has 0 fully saturated rings. The van der Waals surface area contributed by atoms with Crippen LogP contribution in [-0.4, -0.2) is 27.7 Å². The topological polar surface area (TPSA) is 72.4 Å². The Balaban J connectivity index is 1.39. The zero-order valence-corrected chi connectivity index (χ0v) is 15.8. The molecule has 0 radical (unpaired) electrons. The molecule has 0 atom stereocenters. The molecule has 6 nitrogen and oxygen atoms in total. The molecule has 146 valence electrons. The summed E-state index contributed by atoms with van der Waals surface area (Å²) in [6.45, 7) is 2.96. The lowest BCUT2D eigenvalue weighted by atomic mass is 10.0. The number of fused-ring (bicyclic) bond motifs is 2. The third-order valence-electron chi connectivity index (χ3n) is 5.31. The van der Waals surface area contributed by atoms with Gasteiger partial charge in [-0.15, -0.1) is 0 Å². The molecule has 0 bridgehead atoms. The maximum atomic E-state index is 13.2. The molecule has 3 heterocycles. The molecule has 1 aliphatic rings. The fraction of sp³-hybridized carbons (Fsp3) is 0.227. The number of halogens is 1. The van der Waals surface area contributed by atoms with Gasteiger partial charge in [-0.2, -0.15) is 0 Å². The third-order valence-corrected chi connectivity index (χ3v) is 5.31. The number of carbonyl (C=O) groups is 1. The Labute approximate surface area is 165 Å². The molecular weight excluding hydrogens is 373 g/mol. The van der Waals surface area contributed by atoms with Crippen LogP contribution in [0.5, 0.6) is 0 Å². The predicted octanol–water partition coefficient (Wildman–Crippen LogP) is 4.06. The second-order valence-corrected chi connectivity index (χ2v) is 7.31. The Morgan fingerprint density at radius 3 is 2.79 bits per heavy atom. The van der Waals surface area contributed by atoms with E-state index in [1.54, 1.807) is 17.0 Å². The van der Waals surface area contributed by atoms with Crippen LogP contribution in [0.15, 0.2) is 51.5 Å². The van der Waals surface area contributed by atoms with Gasteiger partial charge in [-0.05, 0) is 43.3 Å². The monoisotopic (exact) mass is 391 g/mol. The van der Waals surface area contributed by atoms with E-state index in [0.29, 0.717) is 36.5 Å². The molecule has 0 N–H and O–H groups in total. The molecule has 0 spiro atoms. The number of carbonyl (C=O) groups excluding carboxylic acids is 1. The van der Waals surface area contributed by atoms with Gasteiger partial charge in [0.15, 0.2) is 11.3 Å². The van der Waals surface area contributed by atoms with Crippen LogP contribution in [0, 0.1) is 12.7 Å². The second-order valence-electron chi connectivity index (χ2n) is 7.31. The molecule has 1 amide bonds. The standard InChI is InChI=1S/C22H18FN3O3/c1-13-2-7-20-16(10-13)19(25-28-20)11-21(27)26-9-8-18-17(12-26)22(29-24-18)14-3-5-15(23)6-4-14/h2-7,10H,8-9,11-12H2,1H3. The molecule has 4 aromatic rings. The van der Waals surface area contributed by atoms with Crippen molar-refractivity contribution < 1.29 is 18.2 Å². The molecule has 1 aliphatic heterocycles. The number of hydrogen-bond donors (Lipinski definition) is 0. The predicted molar refractivity (Wildman–Crippen MR) is 103 cm³/mol. The minimum absolute atomic E-state index is 0.0291. The summed E-state index contributed by atoms with van der Waals surface area (Å²) in [7, 11) is 0. The molecule has 0 aliphatic carbocycles. The summed E-state index contributed by atoms with van der Waals surface area (Å²) >= 11 is 0. The average Bonchev–Trinajstić information content (AvgIpc) is 3.32. The largest absolute Gasteiger partial charge is 0.356 e. The van der Waals surface area contributed by atoms with Gasteiger partial charge in [0.2, 0.25) is 5.91 Å². The summed E-state index contributed by atoms with van der Waals surface area (Å²) in [6.07, 6.45) is 0.785.